The Hall–Kier alpha value is -1.10. The molecule has 2 saturated carbocycles. The van der Waals surface area contributed by atoms with Crippen LogP contribution in [0.2, 0.25) is 0 Å². The molecule has 126 valence electrons. The average Bonchev–Trinajstić information content (AvgIpc) is 3.14. The lowest BCUT2D eigenvalue weighted by Crippen LogP contribution is -2.32. The van der Waals surface area contributed by atoms with E-state index in [1.54, 1.807) is 24.3 Å². The molecule has 0 aromatic heterocycles. The van der Waals surface area contributed by atoms with Crippen molar-refractivity contribution in [3.63, 3.8) is 0 Å². The number of aliphatic hydroxyl groups is 2. The van der Waals surface area contributed by atoms with E-state index in [1.807, 2.05) is 0 Å². The minimum Gasteiger partial charge on any atom is -0.508 e. The number of aromatic hydroxyl groups is 1. The van der Waals surface area contributed by atoms with Crippen LogP contribution in [0, 0.1) is 17.8 Å². The first-order valence-corrected chi connectivity index (χ1v) is 8.92. The number of nitrogens with zero attached hydrogens (tertiary/aromatic N) is 1. The molecular formula is C19H27NO3. The molecule has 0 bridgehead atoms. The third-order valence-electron chi connectivity index (χ3n) is 6.01. The van der Waals surface area contributed by atoms with Crippen LogP contribution >= 0.6 is 0 Å². The molecule has 4 rings (SSSR count). The number of phenols is 1. The van der Waals surface area contributed by atoms with E-state index in [-0.39, 0.29) is 5.75 Å². The average molecular weight is 317 g/mol. The van der Waals surface area contributed by atoms with Crippen molar-refractivity contribution < 1.29 is 15.3 Å². The minimum absolute atomic E-state index is 0.228. The number of fused-ring (bicyclic) bond motifs is 1. The summed E-state index contributed by atoms with van der Waals surface area (Å²) < 4.78 is 0. The Bertz CT molecular complexity index is 540. The van der Waals surface area contributed by atoms with Crippen molar-refractivity contribution in [1.82, 2.24) is 4.90 Å². The van der Waals surface area contributed by atoms with Gasteiger partial charge in [-0.2, -0.15) is 0 Å². The molecule has 3 aliphatic rings. The number of rotatable bonds is 5. The van der Waals surface area contributed by atoms with E-state index in [9.17, 15) is 15.3 Å². The third-order valence-corrected chi connectivity index (χ3v) is 6.01. The van der Waals surface area contributed by atoms with Crippen LogP contribution in [0.3, 0.4) is 0 Å². The van der Waals surface area contributed by atoms with Crippen LogP contribution in [-0.2, 0) is 0 Å². The van der Waals surface area contributed by atoms with Crippen LogP contribution in [0.4, 0.5) is 0 Å². The first kappa shape index (κ1) is 15.4. The summed E-state index contributed by atoms with van der Waals surface area (Å²) in [6.07, 6.45) is 5.00. The van der Waals surface area contributed by atoms with Crippen LogP contribution in [0.15, 0.2) is 24.3 Å². The molecule has 4 nitrogen and oxygen atoms in total. The van der Waals surface area contributed by atoms with Crippen molar-refractivity contribution in [2.45, 2.75) is 43.8 Å². The Balaban J connectivity index is 1.31. The molecule has 3 fully saturated rings. The zero-order valence-electron chi connectivity index (χ0n) is 13.6. The summed E-state index contributed by atoms with van der Waals surface area (Å²) in [7, 11) is 0. The van der Waals surface area contributed by atoms with E-state index >= 15 is 0 Å². The van der Waals surface area contributed by atoms with E-state index in [1.165, 1.54) is 12.8 Å². The second-order valence-electron chi connectivity index (χ2n) is 8.13. The van der Waals surface area contributed by atoms with Gasteiger partial charge in [0.05, 0.1) is 11.7 Å². The summed E-state index contributed by atoms with van der Waals surface area (Å²) in [5.41, 5.74) is 0.447. The molecule has 23 heavy (non-hydrogen) atoms. The Kier molecular flexibility index (Phi) is 3.87. The van der Waals surface area contributed by atoms with Gasteiger partial charge < -0.3 is 15.3 Å². The van der Waals surface area contributed by atoms with Crippen molar-refractivity contribution in [3.05, 3.63) is 29.8 Å². The van der Waals surface area contributed by atoms with Gasteiger partial charge in [-0.15, -0.1) is 0 Å². The number of aliphatic hydroxyl groups excluding tert-OH is 1. The fourth-order valence-corrected chi connectivity index (χ4v) is 4.78. The van der Waals surface area contributed by atoms with Crippen LogP contribution in [0.1, 0.15) is 43.8 Å². The van der Waals surface area contributed by atoms with Gasteiger partial charge in [0.1, 0.15) is 5.75 Å². The summed E-state index contributed by atoms with van der Waals surface area (Å²) in [4.78, 5) is 2.34. The van der Waals surface area contributed by atoms with Crippen LogP contribution in [0.5, 0.6) is 5.75 Å². The number of hydrogen-bond acceptors (Lipinski definition) is 4. The van der Waals surface area contributed by atoms with Crippen LogP contribution in [0.25, 0.3) is 0 Å². The highest BCUT2D eigenvalue weighted by Crippen LogP contribution is 2.49. The van der Waals surface area contributed by atoms with E-state index in [0.29, 0.717) is 18.4 Å². The standard InChI is InChI=1S/C19H27NO3/c21-17-5-3-14(4-6-17)18(22)12-20-10-15-8-19(23,7-13-1-2-13)9-16(15)11-20/h3-6,13,15-16,18,21-23H,1-2,7-12H2. The molecule has 0 radical (unpaired) electrons. The number of hydrogen-bond donors (Lipinski definition) is 3. The number of phenolic OH excluding ortho intramolecular Hbond substituents is 1. The van der Waals surface area contributed by atoms with Crippen molar-refractivity contribution in [2.75, 3.05) is 19.6 Å². The lowest BCUT2D eigenvalue weighted by Gasteiger charge is -2.27. The highest BCUT2D eigenvalue weighted by Gasteiger charge is 2.49. The molecule has 1 aliphatic heterocycles. The molecule has 1 saturated heterocycles. The molecule has 0 spiro atoms. The first-order chi connectivity index (χ1) is 11.0. The molecule has 1 aromatic carbocycles. The highest BCUT2D eigenvalue weighted by atomic mass is 16.3. The first-order valence-electron chi connectivity index (χ1n) is 8.92. The van der Waals surface area contributed by atoms with Gasteiger partial charge in [-0.1, -0.05) is 25.0 Å². The van der Waals surface area contributed by atoms with Gasteiger partial charge in [0.2, 0.25) is 0 Å². The topological polar surface area (TPSA) is 63.9 Å². The normalized spacial score (nSPS) is 35.4. The third kappa shape index (κ3) is 3.39. The van der Waals surface area contributed by atoms with Gasteiger partial charge in [-0.05, 0) is 54.7 Å². The SMILES string of the molecule is Oc1ccc(C(O)CN2CC3CC(O)(CC4CC4)CC3C2)cc1. The molecule has 3 atom stereocenters. The zero-order valence-corrected chi connectivity index (χ0v) is 13.6. The molecular weight excluding hydrogens is 290 g/mol. The van der Waals surface area contributed by atoms with E-state index in [4.69, 9.17) is 0 Å². The molecule has 1 heterocycles. The van der Waals surface area contributed by atoms with Crippen molar-refractivity contribution in [2.24, 2.45) is 17.8 Å². The molecule has 4 heteroatoms. The van der Waals surface area contributed by atoms with Crippen LogP contribution in [-0.4, -0.2) is 45.5 Å². The number of benzene rings is 1. The maximum Gasteiger partial charge on any atom is 0.115 e. The Morgan fingerprint density at radius 1 is 1.09 bits per heavy atom. The monoisotopic (exact) mass is 317 g/mol. The van der Waals surface area contributed by atoms with Gasteiger partial charge in [0.25, 0.3) is 0 Å². The van der Waals surface area contributed by atoms with Gasteiger partial charge in [0, 0.05) is 19.6 Å². The summed E-state index contributed by atoms with van der Waals surface area (Å²) in [6, 6.07) is 6.81. The fraction of sp³-hybridized carbons (Fsp3) is 0.684. The molecule has 2 aliphatic carbocycles. The second kappa shape index (κ2) is 5.76. The maximum absolute atomic E-state index is 10.8. The quantitative estimate of drug-likeness (QED) is 0.780. The molecule has 3 unspecified atom stereocenters. The fourth-order valence-electron chi connectivity index (χ4n) is 4.78. The Labute approximate surface area is 137 Å². The van der Waals surface area contributed by atoms with Crippen molar-refractivity contribution in [1.29, 1.82) is 0 Å². The minimum atomic E-state index is -0.514. The van der Waals surface area contributed by atoms with Gasteiger partial charge >= 0.3 is 0 Å². The Morgan fingerprint density at radius 3 is 2.26 bits per heavy atom. The lowest BCUT2D eigenvalue weighted by atomic mass is 9.93. The number of β-amino-alcohol motifs (C(OH)–C–C–N with tert-alkyl or cyclic N) is 1. The summed E-state index contributed by atoms with van der Waals surface area (Å²) in [5, 5.41) is 30.5. The van der Waals surface area contributed by atoms with E-state index < -0.39 is 11.7 Å². The Morgan fingerprint density at radius 2 is 1.70 bits per heavy atom. The van der Waals surface area contributed by atoms with Crippen molar-refractivity contribution in [3.8, 4) is 5.75 Å². The van der Waals surface area contributed by atoms with E-state index in [0.717, 1.165) is 43.8 Å². The summed E-state index contributed by atoms with van der Waals surface area (Å²) in [6.45, 7) is 2.62. The van der Waals surface area contributed by atoms with Crippen molar-refractivity contribution >= 4 is 0 Å². The number of likely N-dealkylation sites (tertiary alicyclic amines) is 1. The largest absolute Gasteiger partial charge is 0.508 e. The zero-order chi connectivity index (χ0) is 16.0. The molecule has 1 aromatic rings. The highest BCUT2D eigenvalue weighted by molar-refractivity contribution is 5.27. The van der Waals surface area contributed by atoms with E-state index in [2.05, 4.69) is 4.90 Å². The van der Waals surface area contributed by atoms with Gasteiger partial charge in [-0.3, -0.25) is 4.90 Å². The smallest absolute Gasteiger partial charge is 0.115 e. The molecule has 3 N–H and O–H groups in total. The predicted molar refractivity (Wildman–Crippen MR) is 88.0 cm³/mol. The second-order valence-corrected chi connectivity index (χ2v) is 8.13. The predicted octanol–water partition coefficient (Wildman–Crippen LogP) is 2.30. The van der Waals surface area contributed by atoms with Gasteiger partial charge in [0.15, 0.2) is 0 Å². The van der Waals surface area contributed by atoms with Gasteiger partial charge in [-0.25, -0.2) is 0 Å². The van der Waals surface area contributed by atoms with Crippen LogP contribution < -0.4 is 0 Å². The summed E-state index contributed by atoms with van der Waals surface area (Å²) in [5.74, 6) is 2.19. The maximum atomic E-state index is 10.8. The lowest BCUT2D eigenvalue weighted by molar-refractivity contribution is 0.0194. The molecule has 0 amide bonds. The summed E-state index contributed by atoms with van der Waals surface area (Å²) >= 11 is 0.